The number of nitrogens with zero attached hydrogens (tertiary/aromatic N) is 2. The summed E-state index contributed by atoms with van der Waals surface area (Å²) >= 11 is 7.38. The van der Waals surface area contributed by atoms with Gasteiger partial charge < -0.3 is 48.2 Å². The van der Waals surface area contributed by atoms with Gasteiger partial charge in [-0.05, 0) is 308 Å². The minimum Gasteiger partial charge on any atom is -0.497 e. The lowest BCUT2D eigenvalue weighted by atomic mass is 9.81. The average molecular weight is 1890 g/mol. The van der Waals surface area contributed by atoms with Gasteiger partial charge in [-0.25, -0.2) is 4.85 Å². The second kappa shape index (κ2) is 54.5. The second-order valence-corrected chi connectivity index (χ2v) is 41.7. The van der Waals surface area contributed by atoms with Crippen molar-refractivity contribution in [3.8, 4) is 74.3 Å². The van der Waals surface area contributed by atoms with Gasteiger partial charge in [0.2, 0.25) is 0 Å². The third-order valence-corrected chi connectivity index (χ3v) is 29.1. The topological polar surface area (TPSA) is 130 Å². The van der Waals surface area contributed by atoms with E-state index >= 15 is 0 Å². The summed E-state index contributed by atoms with van der Waals surface area (Å²) in [5.74, 6) is 7.54. The molecule has 0 fully saturated rings. The van der Waals surface area contributed by atoms with Gasteiger partial charge in [-0.2, -0.15) is 5.26 Å². The van der Waals surface area contributed by atoms with Crippen molar-refractivity contribution in [1.29, 1.82) is 5.26 Å². The highest BCUT2D eigenvalue weighted by molar-refractivity contribution is 7.14. The van der Waals surface area contributed by atoms with E-state index in [1.807, 2.05) is 93.0 Å². The maximum atomic E-state index is 9.77. The largest absolute Gasteiger partial charge is 0.497 e. The van der Waals surface area contributed by atoms with Crippen LogP contribution < -0.4 is 43.2 Å². The minimum absolute atomic E-state index is 0.0273. The van der Waals surface area contributed by atoms with E-state index in [2.05, 4.69) is 327 Å². The van der Waals surface area contributed by atoms with Crippen molar-refractivity contribution in [3.63, 3.8) is 0 Å². The lowest BCUT2D eigenvalue weighted by molar-refractivity contribution is 0.171. The van der Waals surface area contributed by atoms with Crippen LogP contribution in [0.5, 0.6) is 46.0 Å². The molecule has 720 valence electrons. The number of methoxy groups -OCH3 is 3. The van der Waals surface area contributed by atoms with Crippen molar-refractivity contribution >= 4 is 79.2 Å². The number of ether oxygens (including phenoxy) is 8. The highest BCUT2D eigenvalue weighted by atomic mass is 32.1. The van der Waals surface area contributed by atoms with Gasteiger partial charge in [0.15, 0.2) is 17.2 Å². The fraction of sp³-hybridized carbons (Fsp3) is 0.395. The maximum Gasteiger partial charge on any atom is 0.198 e. The van der Waals surface area contributed by atoms with Crippen molar-refractivity contribution in [2.75, 3.05) is 66.7 Å². The molecule has 0 spiro atoms. The van der Waals surface area contributed by atoms with Crippen molar-refractivity contribution in [2.24, 2.45) is 17.8 Å². The van der Waals surface area contributed by atoms with E-state index in [0.717, 1.165) is 89.7 Å². The van der Waals surface area contributed by atoms with Crippen LogP contribution in [-0.2, 0) is 5.41 Å². The molecule has 12 nitrogen and oxygen atoms in total. The molecule has 3 atom stereocenters. The Morgan fingerprint density at radius 1 is 0.489 bits per heavy atom. The molecule has 135 heavy (non-hydrogen) atoms. The van der Waals surface area contributed by atoms with E-state index in [1.54, 1.807) is 44.8 Å². The number of aryl methyl sites for hydroxylation is 17. The Morgan fingerprint density at radius 2 is 0.970 bits per heavy atom. The van der Waals surface area contributed by atoms with Crippen LogP contribution in [-0.4, -0.2) is 66.4 Å². The number of allylic oxidation sites excluding steroid dienone is 2. The molecule has 0 radical (unpaired) electrons. The summed E-state index contributed by atoms with van der Waals surface area (Å²) in [5.41, 5.74) is 25.9. The van der Waals surface area contributed by atoms with Crippen LogP contribution in [0.4, 0.5) is 5.69 Å². The van der Waals surface area contributed by atoms with E-state index < -0.39 is 0 Å². The smallest absolute Gasteiger partial charge is 0.198 e. The molecule has 2 N–H and O–H groups in total. The molecule has 16 heteroatoms. The van der Waals surface area contributed by atoms with E-state index in [-0.39, 0.29) is 5.41 Å². The maximum absolute atomic E-state index is 9.77. The Bertz CT molecular complexity index is 5970. The number of nitrogens with one attached hydrogen (secondary N) is 2. The number of H-pyrrole nitrogens is 1. The average Bonchev–Trinajstić information content (AvgIpc) is 1.57. The van der Waals surface area contributed by atoms with Gasteiger partial charge in [0.1, 0.15) is 47.7 Å². The fourth-order valence-corrected chi connectivity index (χ4v) is 19.4. The quantitative estimate of drug-likeness (QED) is 0.0363. The van der Waals surface area contributed by atoms with Gasteiger partial charge in [-0.15, -0.1) is 45.3 Å². The third kappa shape index (κ3) is 31.9. The van der Waals surface area contributed by atoms with Crippen LogP contribution >= 0.6 is 45.3 Å². The first kappa shape index (κ1) is 111. The molecule has 3 unspecified atom stereocenters. The highest BCUT2D eigenvalue weighted by Gasteiger charge is 2.36. The zero-order valence-electron chi connectivity index (χ0n) is 87.0. The summed E-state index contributed by atoms with van der Waals surface area (Å²) < 4.78 is 46.8. The predicted octanol–water partition coefficient (Wildman–Crippen LogP) is 34.4. The summed E-state index contributed by atoms with van der Waals surface area (Å²) in [6.45, 7) is 71.1. The molecule has 0 amide bonds. The van der Waals surface area contributed by atoms with Crippen molar-refractivity contribution in [2.45, 2.75) is 238 Å². The molecule has 5 aromatic heterocycles. The van der Waals surface area contributed by atoms with E-state index in [1.165, 1.54) is 140 Å². The molecule has 13 aromatic rings. The summed E-state index contributed by atoms with van der Waals surface area (Å²) in [4.78, 5) is 18.1. The summed E-state index contributed by atoms with van der Waals surface area (Å²) in [6.07, 6.45) is 10.2. The Hall–Kier alpha value is -11.2. The van der Waals surface area contributed by atoms with Gasteiger partial charge in [0, 0.05) is 90.8 Å². The van der Waals surface area contributed by atoms with Crippen LogP contribution in [0.3, 0.4) is 0 Å². The molecule has 6 heterocycles. The molecule has 0 saturated carbocycles. The lowest BCUT2D eigenvalue weighted by Crippen LogP contribution is -2.15. The SMILES string of the molecule is CCC(C)COc1cc(-c2ccc3c(c2)C(C)(C)c2cc(C)ccc2-3)c(OC)cc1C.CNc1ccc(C)cc1.Cc1cc(C)c(C)s1.Cc1ccc(C)[nH]1.Cc1ccc(C)cc1.Cc1sc(C)c(C)c1C.Cc1sc(C)c2c1OCCO2.Cc1sc(C)c2ccccc12.[C-]#[N+]/C(=C\c1cc(OC)c(C)cc1OCC(CC)CCCC)c1cc(OCC(C)CC)c(/C(C#N)=C/C)cc1OC. The van der Waals surface area contributed by atoms with Gasteiger partial charge in [0.05, 0.1) is 59.4 Å². The Balaban J connectivity index is 0.000000228. The van der Waals surface area contributed by atoms with Gasteiger partial charge >= 0.3 is 0 Å². The van der Waals surface area contributed by atoms with Crippen molar-refractivity contribution < 1.29 is 37.9 Å². The molecule has 2 aliphatic rings. The first-order chi connectivity index (χ1) is 64.3. The number of unbranched alkanes of at least 4 members (excludes halogenated alkanes) is 1. The van der Waals surface area contributed by atoms with Crippen LogP contribution in [0.25, 0.3) is 55.2 Å². The number of thiophene rings is 4. The first-order valence-corrected chi connectivity index (χ1v) is 50.8. The normalized spacial score (nSPS) is 12.4. The number of aromatic amines is 1. The molecule has 15 rings (SSSR count). The zero-order chi connectivity index (χ0) is 99.5. The number of hydrogen-bond donors (Lipinski definition) is 2. The van der Waals surface area contributed by atoms with Gasteiger partial charge in [0.25, 0.3) is 0 Å². The molecule has 8 aromatic carbocycles. The number of nitriles is 1. The third-order valence-electron chi connectivity index (χ3n) is 24.8. The monoisotopic (exact) mass is 1890 g/mol. The molecule has 0 bridgehead atoms. The molecule has 1 aliphatic carbocycles. The number of anilines is 1. The molecule has 1 aliphatic heterocycles. The Morgan fingerprint density at radius 3 is 1.41 bits per heavy atom. The van der Waals surface area contributed by atoms with E-state index in [9.17, 15) is 5.26 Å². The minimum atomic E-state index is -0.0273. The van der Waals surface area contributed by atoms with Crippen molar-refractivity contribution in [1.82, 2.24) is 4.98 Å². The number of fused-ring (bicyclic) bond motifs is 5. The number of benzene rings is 8. The molecular formula is C119H152N4O8S4. The Kier molecular flexibility index (Phi) is 44.7. The van der Waals surface area contributed by atoms with Gasteiger partial charge in [-0.1, -0.05) is 207 Å². The Labute approximate surface area is 827 Å². The standard InChI is InChI=1S/C35H46N2O4.C29H34O2.C10H10S.C8H11N.C8H10O2S.C8H12S.C8H10.C7H10S.C6H9N/c1-10-14-15-26(12-3)23-41-33-16-25(6)32(38-8)18-28(33)17-31(37-7)30-20-35(40-22-24(5)11-2)29(19-34(30)39-9)27(13-4)21-36;1-8-18(2)17-31-27-16-24(28(30-7)14-20(27)4)21-10-12-23-22-11-9-19(3)13-25(22)29(5,6)26(23)15-21;1-7-9-5-3-4-6-10(9)8(2)11-7;1-7-3-5-8(9-2)6-4-7;1-5-7-8(6(2)11-5)10-4-3-9-7;1-5-6(2)8(4)9-7(5)3;1-7-3-5-8(2)6-4-7;1-5-4-6(2)8-7(5)3;1-5-3-4-6(2)7-5/h13,16-20,24,26H,10-12,14-15,22-23H2,1-6,8-9H3;9-16,18H,8,17H2,1-7H3;3-6H,1-2H3;3-6,9H,1-2H3;3-4H2,1-2H3;1-4H3;3-6H,1-2H3;4H,1-3H3;3-4,7H,1-2H3/b27-13+,31-17-;;;;;;;;. The highest BCUT2D eigenvalue weighted by Crippen LogP contribution is 2.51. The van der Waals surface area contributed by atoms with Gasteiger partial charge in [-0.3, -0.25) is 0 Å². The zero-order valence-corrected chi connectivity index (χ0v) is 90.3. The van der Waals surface area contributed by atoms with Crippen LogP contribution in [0.15, 0.2) is 170 Å². The van der Waals surface area contributed by atoms with E-state index in [4.69, 9.17) is 44.5 Å². The number of rotatable bonds is 23. The summed E-state index contributed by atoms with van der Waals surface area (Å²) in [6, 6.07) is 59.3. The predicted molar refractivity (Wildman–Crippen MR) is 583 cm³/mol. The lowest BCUT2D eigenvalue weighted by Gasteiger charge is -2.23. The molecular weight excluding hydrogens is 1740 g/mol. The van der Waals surface area contributed by atoms with Crippen LogP contribution in [0.2, 0.25) is 0 Å². The summed E-state index contributed by atoms with van der Waals surface area (Å²) in [7, 11) is 6.87. The van der Waals surface area contributed by atoms with Crippen LogP contribution in [0, 0.1) is 167 Å². The first-order valence-electron chi connectivity index (χ1n) is 47.5. The summed E-state index contributed by atoms with van der Waals surface area (Å²) in [5, 5.41) is 15.6. The molecule has 0 saturated heterocycles. The second-order valence-electron chi connectivity index (χ2n) is 36.0. The number of aromatic nitrogens is 1. The van der Waals surface area contributed by atoms with Crippen molar-refractivity contribution in [3.05, 3.63) is 310 Å². The van der Waals surface area contributed by atoms with Crippen LogP contribution in [0.1, 0.15) is 229 Å². The van der Waals surface area contributed by atoms with E-state index in [0.29, 0.717) is 83.8 Å². The number of hydrogen-bond acceptors (Lipinski definition) is 14. The fourth-order valence-electron chi connectivity index (χ4n) is 15.4.